The van der Waals surface area contributed by atoms with Crippen molar-refractivity contribution in [2.24, 2.45) is 0 Å². The molecule has 2 aromatic carbocycles. The van der Waals surface area contributed by atoms with Gasteiger partial charge in [0.25, 0.3) is 0 Å². The summed E-state index contributed by atoms with van der Waals surface area (Å²) in [5.41, 5.74) is 1.12. The lowest BCUT2D eigenvalue weighted by molar-refractivity contribution is 0.168. The van der Waals surface area contributed by atoms with Crippen molar-refractivity contribution >= 4 is 6.03 Å². The molecule has 0 aliphatic rings. The number of urea groups is 1. The Balaban J connectivity index is 2.59. The number of nitrogens with zero attached hydrogens (tertiary/aromatic N) is 1. The van der Waals surface area contributed by atoms with Crippen LogP contribution in [0.5, 0.6) is 0 Å². The SMILES string of the molecule is CNC(=O)N(C)[C@](C)(c1ccccc1)c1ccc(F)cc1. The van der Waals surface area contributed by atoms with E-state index in [0.29, 0.717) is 0 Å². The molecule has 4 heteroatoms. The molecule has 0 saturated heterocycles. The summed E-state index contributed by atoms with van der Waals surface area (Å²) in [5, 5.41) is 2.63. The smallest absolute Gasteiger partial charge is 0.317 e. The number of carbonyl (C=O) groups is 1. The molecule has 0 spiro atoms. The first-order valence-electron chi connectivity index (χ1n) is 6.77. The van der Waals surface area contributed by atoms with E-state index in [9.17, 15) is 9.18 Å². The maximum Gasteiger partial charge on any atom is 0.317 e. The molecule has 2 amide bonds. The molecule has 0 radical (unpaired) electrons. The predicted octanol–water partition coefficient (Wildman–Crippen LogP) is 3.36. The van der Waals surface area contributed by atoms with Gasteiger partial charge in [0.15, 0.2) is 0 Å². The molecule has 21 heavy (non-hydrogen) atoms. The van der Waals surface area contributed by atoms with Crippen LogP contribution in [0.1, 0.15) is 18.1 Å². The van der Waals surface area contributed by atoms with Crippen molar-refractivity contribution in [3.8, 4) is 0 Å². The molecular formula is C17H19FN2O. The summed E-state index contributed by atoms with van der Waals surface area (Å²) in [6.07, 6.45) is 0. The van der Waals surface area contributed by atoms with Gasteiger partial charge in [0, 0.05) is 14.1 Å². The van der Waals surface area contributed by atoms with E-state index in [0.717, 1.165) is 11.1 Å². The molecule has 0 bridgehead atoms. The van der Waals surface area contributed by atoms with Gasteiger partial charge in [0.2, 0.25) is 0 Å². The summed E-state index contributed by atoms with van der Waals surface area (Å²) in [7, 11) is 3.32. The minimum absolute atomic E-state index is 0.203. The van der Waals surface area contributed by atoms with Gasteiger partial charge < -0.3 is 10.2 Å². The van der Waals surface area contributed by atoms with Gasteiger partial charge in [-0.3, -0.25) is 0 Å². The number of hydrogen-bond acceptors (Lipinski definition) is 1. The fraction of sp³-hybridized carbons (Fsp3) is 0.235. The molecule has 1 N–H and O–H groups in total. The molecule has 3 nitrogen and oxygen atoms in total. The van der Waals surface area contributed by atoms with E-state index in [1.807, 2.05) is 37.3 Å². The van der Waals surface area contributed by atoms with Crippen LogP contribution in [-0.2, 0) is 5.54 Å². The van der Waals surface area contributed by atoms with Gasteiger partial charge in [-0.1, -0.05) is 42.5 Å². The number of nitrogens with one attached hydrogen (secondary N) is 1. The first kappa shape index (κ1) is 15.0. The van der Waals surface area contributed by atoms with E-state index < -0.39 is 5.54 Å². The molecule has 0 aliphatic carbocycles. The second-order valence-electron chi connectivity index (χ2n) is 5.06. The highest BCUT2D eigenvalue weighted by Crippen LogP contribution is 2.34. The Bertz CT molecular complexity index is 612. The van der Waals surface area contributed by atoms with Crippen molar-refractivity contribution < 1.29 is 9.18 Å². The molecule has 2 rings (SSSR count). The minimum Gasteiger partial charge on any atom is -0.341 e. The average molecular weight is 286 g/mol. The van der Waals surface area contributed by atoms with Crippen molar-refractivity contribution in [3.63, 3.8) is 0 Å². The summed E-state index contributed by atoms with van der Waals surface area (Å²) >= 11 is 0. The average Bonchev–Trinajstić information content (AvgIpc) is 2.54. The molecule has 1 atom stereocenters. The van der Waals surface area contributed by atoms with E-state index in [2.05, 4.69) is 5.32 Å². The monoisotopic (exact) mass is 286 g/mol. The summed E-state index contributed by atoms with van der Waals surface area (Å²) < 4.78 is 13.2. The third kappa shape index (κ3) is 2.75. The van der Waals surface area contributed by atoms with Crippen molar-refractivity contribution in [1.82, 2.24) is 10.2 Å². The fourth-order valence-electron chi connectivity index (χ4n) is 2.46. The largest absolute Gasteiger partial charge is 0.341 e. The molecule has 0 aliphatic heterocycles. The van der Waals surface area contributed by atoms with Crippen molar-refractivity contribution in [1.29, 1.82) is 0 Å². The van der Waals surface area contributed by atoms with Crippen LogP contribution in [0.2, 0.25) is 0 Å². The highest BCUT2D eigenvalue weighted by Gasteiger charge is 2.36. The van der Waals surface area contributed by atoms with E-state index in [1.165, 1.54) is 12.1 Å². The van der Waals surface area contributed by atoms with Crippen LogP contribution < -0.4 is 5.32 Å². The Kier molecular flexibility index (Phi) is 4.26. The zero-order valence-corrected chi connectivity index (χ0v) is 12.4. The number of carbonyl (C=O) groups excluding carboxylic acids is 1. The van der Waals surface area contributed by atoms with Gasteiger partial charge in [0.1, 0.15) is 5.82 Å². The molecular weight excluding hydrogens is 267 g/mol. The topological polar surface area (TPSA) is 32.3 Å². The van der Waals surface area contributed by atoms with Gasteiger partial charge in [-0.2, -0.15) is 0 Å². The molecule has 2 aromatic rings. The fourth-order valence-corrected chi connectivity index (χ4v) is 2.46. The summed E-state index contributed by atoms with van der Waals surface area (Å²) in [6.45, 7) is 1.95. The Hall–Kier alpha value is -2.36. The highest BCUT2D eigenvalue weighted by molar-refractivity contribution is 5.75. The van der Waals surface area contributed by atoms with Crippen molar-refractivity contribution in [2.75, 3.05) is 14.1 Å². The number of hydrogen-bond donors (Lipinski definition) is 1. The van der Waals surface area contributed by atoms with Crippen LogP contribution in [-0.4, -0.2) is 25.0 Å². The lowest BCUT2D eigenvalue weighted by Crippen LogP contribution is -2.49. The Labute approximate surface area is 124 Å². The van der Waals surface area contributed by atoms with E-state index in [-0.39, 0.29) is 11.8 Å². The number of halogens is 1. The molecule has 110 valence electrons. The molecule has 0 heterocycles. The van der Waals surface area contributed by atoms with E-state index in [4.69, 9.17) is 0 Å². The first-order chi connectivity index (χ1) is 10.00. The maximum absolute atomic E-state index is 13.2. The quantitative estimate of drug-likeness (QED) is 0.922. The summed E-state index contributed by atoms with van der Waals surface area (Å²) in [4.78, 5) is 13.7. The summed E-state index contributed by atoms with van der Waals surface area (Å²) in [6, 6.07) is 15.7. The zero-order chi connectivity index (χ0) is 15.5. The lowest BCUT2D eigenvalue weighted by Gasteiger charge is -2.39. The number of amides is 2. The first-order valence-corrected chi connectivity index (χ1v) is 6.77. The lowest BCUT2D eigenvalue weighted by atomic mass is 9.83. The minimum atomic E-state index is -0.685. The van der Waals surface area contributed by atoms with Gasteiger partial charge in [-0.05, 0) is 30.2 Å². The van der Waals surface area contributed by atoms with E-state index in [1.54, 1.807) is 31.1 Å². The summed E-state index contributed by atoms with van der Waals surface area (Å²) in [5.74, 6) is -0.295. The normalized spacial score (nSPS) is 13.3. The number of benzene rings is 2. The van der Waals surface area contributed by atoms with Gasteiger partial charge in [-0.25, -0.2) is 9.18 Å². The van der Waals surface area contributed by atoms with Crippen LogP contribution >= 0.6 is 0 Å². The molecule has 0 saturated carbocycles. The number of rotatable bonds is 3. The maximum atomic E-state index is 13.2. The Morgan fingerprint density at radius 2 is 1.57 bits per heavy atom. The second-order valence-corrected chi connectivity index (χ2v) is 5.06. The van der Waals surface area contributed by atoms with Gasteiger partial charge in [-0.15, -0.1) is 0 Å². The van der Waals surface area contributed by atoms with Crippen molar-refractivity contribution in [2.45, 2.75) is 12.5 Å². The molecule has 0 fully saturated rings. The standard InChI is InChI=1S/C17H19FN2O/c1-17(20(3)16(21)19-2,13-7-5-4-6-8-13)14-9-11-15(18)12-10-14/h4-12H,1-3H3,(H,19,21)/t17-/m1/s1. The van der Waals surface area contributed by atoms with Crippen molar-refractivity contribution in [3.05, 3.63) is 71.5 Å². The third-order valence-electron chi connectivity index (χ3n) is 3.93. The molecule has 0 aromatic heterocycles. The molecule has 0 unspecified atom stereocenters. The van der Waals surface area contributed by atoms with Crippen LogP contribution in [0.3, 0.4) is 0 Å². The van der Waals surface area contributed by atoms with E-state index >= 15 is 0 Å². The second kappa shape index (κ2) is 5.95. The third-order valence-corrected chi connectivity index (χ3v) is 3.93. The van der Waals surface area contributed by atoms with Crippen LogP contribution in [0.15, 0.2) is 54.6 Å². The van der Waals surface area contributed by atoms with Crippen LogP contribution in [0.25, 0.3) is 0 Å². The highest BCUT2D eigenvalue weighted by atomic mass is 19.1. The predicted molar refractivity (Wildman–Crippen MR) is 81.5 cm³/mol. The van der Waals surface area contributed by atoms with Crippen LogP contribution in [0.4, 0.5) is 9.18 Å². The van der Waals surface area contributed by atoms with Gasteiger partial charge >= 0.3 is 6.03 Å². The zero-order valence-electron chi connectivity index (χ0n) is 12.4. The van der Waals surface area contributed by atoms with Gasteiger partial charge in [0.05, 0.1) is 5.54 Å². The Morgan fingerprint density at radius 3 is 2.10 bits per heavy atom. The Morgan fingerprint density at radius 1 is 1.05 bits per heavy atom. The van der Waals surface area contributed by atoms with Crippen LogP contribution in [0, 0.1) is 5.82 Å².